The van der Waals surface area contributed by atoms with Crippen molar-refractivity contribution < 1.29 is 4.52 Å². The summed E-state index contributed by atoms with van der Waals surface area (Å²) in [6, 6.07) is 1.72. The van der Waals surface area contributed by atoms with E-state index in [0.29, 0.717) is 5.41 Å². The Labute approximate surface area is 147 Å². The van der Waals surface area contributed by atoms with Crippen molar-refractivity contribution in [3.05, 3.63) is 34.1 Å². The lowest BCUT2D eigenvalue weighted by Crippen LogP contribution is -2.10. The van der Waals surface area contributed by atoms with Crippen molar-refractivity contribution in [3.8, 4) is 0 Å². The lowest BCUT2D eigenvalue weighted by molar-refractivity contribution is 0.420. The highest BCUT2D eigenvalue weighted by Gasteiger charge is 2.19. The first kappa shape index (κ1) is 24.1. The van der Waals surface area contributed by atoms with E-state index in [1.165, 1.54) is 21.8 Å². The second kappa shape index (κ2) is 11.4. The van der Waals surface area contributed by atoms with Gasteiger partial charge in [-0.25, -0.2) is 4.98 Å². The second-order valence-electron chi connectivity index (χ2n) is 7.59. The van der Waals surface area contributed by atoms with Gasteiger partial charge in [0.25, 0.3) is 0 Å². The molecule has 2 aromatic rings. The van der Waals surface area contributed by atoms with E-state index in [1.54, 1.807) is 12.3 Å². The summed E-state index contributed by atoms with van der Waals surface area (Å²) in [4.78, 5) is 5.81. The molecule has 0 spiro atoms. The fourth-order valence-corrected chi connectivity index (χ4v) is 2.38. The van der Waals surface area contributed by atoms with Crippen LogP contribution < -0.4 is 0 Å². The lowest BCUT2D eigenvalue weighted by Gasteiger charge is -2.16. The van der Waals surface area contributed by atoms with Gasteiger partial charge in [-0.15, -0.1) is 11.3 Å². The number of rotatable bonds is 0. The fourth-order valence-electron chi connectivity index (χ4n) is 1.40. The highest BCUT2D eigenvalue weighted by molar-refractivity contribution is 7.11. The van der Waals surface area contributed by atoms with Crippen LogP contribution in [0.2, 0.25) is 0 Å². The van der Waals surface area contributed by atoms with Gasteiger partial charge in [-0.05, 0) is 30.7 Å². The Balaban J connectivity index is 0. The maximum Gasteiger partial charge on any atom is 0.123 e. The summed E-state index contributed by atoms with van der Waals surface area (Å²) in [6.07, 6.45) is 3.10. The summed E-state index contributed by atoms with van der Waals surface area (Å²) in [7, 11) is 0. The molecule has 3 nitrogen and oxygen atoms in total. The molecule has 134 valence electrons. The molecule has 0 bridgehead atoms. The van der Waals surface area contributed by atoms with Crippen molar-refractivity contribution in [1.82, 2.24) is 10.1 Å². The summed E-state index contributed by atoms with van der Waals surface area (Å²) in [6.45, 7) is 23.6. The average molecular weight is 341 g/mol. The Morgan fingerprint density at radius 2 is 1.43 bits per heavy atom. The van der Waals surface area contributed by atoms with Crippen LogP contribution in [0.1, 0.15) is 77.9 Å². The topological polar surface area (TPSA) is 38.9 Å². The van der Waals surface area contributed by atoms with Gasteiger partial charge in [0.05, 0.1) is 16.9 Å². The van der Waals surface area contributed by atoms with Gasteiger partial charge in [-0.3, -0.25) is 0 Å². The maximum absolute atomic E-state index is 4.40. The summed E-state index contributed by atoms with van der Waals surface area (Å²) in [5, 5.41) is 4.52. The predicted octanol–water partition coefficient (Wildman–Crippen LogP) is 6.81. The second-order valence-corrected chi connectivity index (χ2v) is 8.79. The maximum atomic E-state index is 4.40. The molecule has 0 radical (unpaired) electrons. The van der Waals surface area contributed by atoms with E-state index in [4.69, 9.17) is 0 Å². The Morgan fingerprint density at radius 3 is 1.57 bits per heavy atom. The summed E-state index contributed by atoms with van der Waals surface area (Å²) in [5.41, 5.74) is 1.95. The van der Waals surface area contributed by atoms with Gasteiger partial charge in [0.15, 0.2) is 0 Å². The van der Waals surface area contributed by atoms with Crippen LogP contribution in [-0.4, -0.2) is 10.1 Å². The Kier molecular flexibility index (Phi) is 11.9. The largest absolute Gasteiger partial charge is 0.365 e. The molecular formula is C19H36N2OS. The standard InChI is InChI=1S/C9H15NS.C5H12.C3H3NO.C2H6/c1-6-8(9(3,4)5)11-7(2)10-6;1-5(2,3)4;1-2-4-5-3-1;1-2/h1-5H3;1-4H3;1-3H;1-2H3. The third-order valence-corrected chi connectivity index (χ3v) is 3.43. The van der Waals surface area contributed by atoms with Crippen molar-refractivity contribution in [2.75, 3.05) is 0 Å². The molecule has 23 heavy (non-hydrogen) atoms. The van der Waals surface area contributed by atoms with Gasteiger partial charge in [-0.1, -0.05) is 67.5 Å². The molecule has 0 aromatic carbocycles. The minimum atomic E-state index is 0.260. The zero-order valence-electron chi connectivity index (χ0n) is 16.9. The van der Waals surface area contributed by atoms with E-state index in [1.807, 2.05) is 25.2 Å². The summed E-state index contributed by atoms with van der Waals surface area (Å²) in [5.74, 6) is 0. The molecule has 2 aromatic heterocycles. The quantitative estimate of drug-likeness (QED) is 0.528. The number of aromatic nitrogens is 2. The molecule has 0 atom stereocenters. The van der Waals surface area contributed by atoms with E-state index in [2.05, 4.69) is 77.0 Å². The SMILES string of the molecule is CC.CC(C)(C)C.Cc1nc(C)c(C(C)(C)C)s1.c1cnoc1. The molecule has 0 N–H and O–H groups in total. The lowest BCUT2D eigenvalue weighted by atomic mass is 9.94. The normalized spacial score (nSPS) is 10.4. The first-order valence-corrected chi connectivity index (χ1v) is 9.02. The van der Waals surface area contributed by atoms with E-state index in [-0.39, 0.29) is 5.41 Å². The van der Waals surface area contributed by atoms with E-state index >= 15 is 0 Å². The van der Waals surface area contributed by atoms with Gasteiger partial charge >= 0.3 is 0 Å². The van der Waals surface area contributed by atoms with Crippen molar-refractivity contribution >= 4 is 11.3 Å². The molecule has 0 aliphatic carbocycles. The van der Waals surface area contributed by atoms with E-state index in [9.17, 15) is 0 Å². The van der Waals surface area contributed by atoms with Crippen molar-refractivity contribution in [3.63, 3.8) is 0 Å². The van der Waals surface area contributed by atoms with Crippen LogP contribution in [0.15, 0.2) is 23.0 Å². The smallest absolute Gasteiger partial charge is 0.123 e. The Hall–Kier alpha value is -1.16. The number of hydrogen-bond acceptors (Lipinski definition) is 4. The monoisotopic (exact) mass is 340 g/mol. The van der Waals surface area contributed by atoms with Gasteiger partial charge in [-0.2, -0.15) is 0 Å². The molecule has 2 heterocycles. The molecule has 0 fully saturated rings. The third-order valence-electron chi connectivity index (χ3n) is 1.93. The molecular weight excluding hydrogens is 304 g/mol. The summed E-state index contributed by atoms with van der Waals surface area (Å²) < 4.78 is 4.33. The number of nitrogens with zero attached hydrogens (tertiary/aromatic N) is 2. The van der Waals surface area contributed by atoms with Crippen molar-refractivity contribution in [1.29, 1.82) is 0 Å². The van der Waals surface area contributed by atoms with Gasteiger partial charge in [0, 0.05) is 4.88 Å². The molecule has 0 unspecified atom stereocenters. The first-order valence-electron chi connectivity index (χ1n) is 8.20. The molecule has 4 heteroatoms. The predicted molar refractivity (Wildman–Crippen MR) is 103 cm³/mol. The minimum Gasteiger partial charge on any atom is -0.365 e. The highest BCUT2D eigenvalue weighted by atomic mass is 32.1. The highest BCUT2D eigenvalue weighted by Crippen LogP contribution is 2.30. The molecule has 0 amide bonds. The zero-order chi connectivity index (χ0) is 18.7. The van der Waals surface area contributed by atoms with Crippen molar-refractivity contribution in [2.45, 2.75) is 81.6 Å². The van der Waals surface area contributed by atoms with E-state index < -0.39 is 0 Å². The van der Waals surface area contributed by atoms with Crippen LogP contribution in [0.25, 0.3) is 0 Å². The van der Waals surface area contributed by atoms with Crippen LogP contribution in [-0.2, 0) is 5.41 Å². The molecule has 0 saturated heterocycles. The molecule has 0 aliphatic rings. The van der Waals surface area contributed by atoms with E-state index in [0.717, 1.165) is 0 Å². The van der Waals surface area contributed by atoms with Crippen LogP contribution in [0.3, 0.4) is 0 Å². The zero-order valence-corrected chi connectivity index (χ0v) is 17.8. The van der Waals surface area contributed by atoms with Gasteiger partial charge < -0.3 is 4.52 Å². The Bertz CT molecular complexity index is 465. The third kappa shape index (κ3) is 15.5. The average Bonchev–Trinajstić information content (AvgIpc) is 3.01. The van der Waals surface area contributed by atoms with Gasteiger partial charge in [0.1, 0.15) is 6.26 Å². The summed E-state index contributed by atoms with van der Waals surface area (Å²) >= 11 is 1.81. The molecule has 0 saturated carbocycles. The van der Waals surface area contributed by atoms with Crippen LogP contribution in [0.4, 0.5) is 0 Å². The number of aryl methyl sites for hydroxylation is 2. The number of hydrogen-bond donors (Lipinski definition) is 0. The number of thiazole rings is 1. The van der Waals surface area contributed by atoms with Crippen LogP contribution >= 0.6 is 11.3 Å². The fraction of sp³-hybridized carbons (Fsp3) is 0.684. The van der Waals surface area contributed by atoms with Crippen LogP contribution in [0.5, 0.6) is 0 Å². The first-order chi connectivity index (χ1) is 10.4. The van der Waals surface area contributed by atoms with Crippen molar-refractivity contribution in [2.24, 2.45) is 5.41 Å². The minimum absolute atomic E-state index is 0.260. The van der Waals surface area contributed by atoms with Crippen LogP contribution in [0, 0.1) is 19.3 Å². The Morgan fingerprint density at radius 1 is 0.957 bits per heavy atom. The van der Waals surface area contributed by atoms with Gasteiger partial charge in [0.2, 0.25) is 0 Å². The molecule has 2 rings (SSSR count). The molecule has 0 aliphatic heterocycles.